The summed E-state index contributed by atoms with van der Waals surface area (Å²) in [5.41, 5.74) is 4.70. The van der Waals surface area contributed by atoms with E-state index < -0.39 is 0 Å². The van der Waals surface area contributed by atoms with Crippen LogP contribution in [0.4, 0.5) is 16.2 Å². The molecule has 1 aliphatic carbocycles. The van der Waals surface area contributed by atoms with Crippen molar-refractivity contribution in [2.24, 2.45) is 5.92 Å². The summed E-state index contributed by atoms with van der Waals surface area (Å²) in [6.07, 6.45) is 2.38. The number of rotatable bonds is 6. The summed E-state index contributed by atoms with van der Waals surface area (Å²) >= 11 is 0. The van der Waals surface area contributed by atoms with Gasteiger partial charge in [-0.3, -0.25) is 4.90 Å². The van der Waals surface area contributed by atoms with Gasteiger partial charge in [0.1, 0.15) is 6.61 Å². The molecule has 0 aromatic heterocycles. The van der Waals surface area contributed by atoms with Crippen LogP contribution in [0.15, 0.2) is 48.5 Å². The first kappa shape index (κ1) is 16.0. The van der Waals surface area contributed by atoms with Crippen molar-refractivity contribution in [2.45, 2.75) is 32.2 Å². The number of cyclic esters (lactones) is 1. The molecule has 2 unspecified atom stereocenters. The second-order valence-electron chi connectivity index (χ2n) is 6.92. The van der Waals surface area contributed by atoms with Crippen molar-refractivity contribution < 1.29 is 9.53 Å². The van der Waals surface area contributed by atoms with E-state index in [-0.39, 0.29) is 6.09 Å². The Morgan fingerprint density at radius 2 is 1.88 bits per heavy atom. The Bertz CT molecular complexity index is 739. The van der Waals surface area contributed by atoms with Crippen LogP contribution in [0, 0.1) is 5.92 Å². The zero-order chi connectivity index (χ0) is 17.2. The van der Waals surface area contributed by atoms with Gasteiger partial charge >= 0.3 is 6.09 Å². The highest BCUT2D eigenvalue weighted by Crippen LogP contribution is 2.49. The molecule has 2 aliphatic rings. The highest BCUT2D eigenvalue weighted by molar-refractivity contribution is 5.89. The van der Waals surface area contributed by atoms with Crippen LogP contribution < -0.4 is 10.2 Å². The molecule has 1 heterocycles. The number of benzene rings is 2. The number of nitrogens with zero attached hydrogens (tertiary/aromatic N) is 1. The van der Waals surface area contributed by atoms with Crippen LogP contribution in [0.5, 0.6) is 0 Å². The molecule has 0 spiro atoms. The minimum atomic E-state index is -0.257. The van der Waals surface area contributed by atoms with Crippen molar-refractivity contribution in [1.29, 1.82) is 0 Å². The van der Waals surface area contributed by atoms with E-state index in [4.69, 9.17) is 4.74 Å². The number of hydrogen-bond donors (Lipinski definition) is 1. The SMILES string of the molecule is CCC1CC1c1ccc(NCc2ccc(N3CCOC3=O)cc2)cc1. The van der Waals surface area contributed by atoms with Gasteiger partial charge in [0.25, 0.3) is 0 Å². The van der Waals surface area contributed by atoms with Crippen LogP contribution in [0.25, 0.3) is 0 Å². The van der Waals surface area contributed by atoms with Gasteiger partial charge in [0.2, 0.25) is 0 Å². The predicted molar refractivity (Wildman–Crippen MR) is 100 cm³/mol. The number of carbonyl (C=O) groups is 1. The lowest BCUT2D eigenvalue weighted by Crippen LogP contribution is -2.23. The van der Waals surface area contributed by atoms with Crippen molar-refractivity contribution in [3.8, 4) is 0 Å². The summed E-state index contributed by atoms with van der Waals surface area (Å²) in [5, 5.41) is 3.47. The molecule has 1 amide bonds. The highest BCUT2D eigenvalue weighted by Gasteiger charge is 2.36. The lowest BCUT2D eigenvalue weighted by molar-refractivity contribution is 0.181. The topological polar surface area (TPSA) is 41.6 Å². The van der Waals surface area contributed by atoms with Gasteiger partial charge in [-0.15, -0.1) is 0 Å². The van der Waals surface area contributed by atoms with Gasteiger partial charge in [0.15, 0.2) is 0 Å². The molecule has 0 radical (unpaired) electrons. The minimum absolute atomic E-state index is 0.257. The molecule has 4 rings (SSSR count). The summed E-state index contributed by atoms with van der Waals surface area (Å²) in [6.45, 7) is 4.14. The summed E-state index contributed by atoms with van der Waals surface area (Å²) in [6, 6.07) is 16.9. The normalized spacial score (nSPS) is 22.0. The molecular formula is C21H24N2O2. The zero-order valence-corrected chi connectivity index (χ0v) is 14.6. The fourth-order valence-corrected chi connectivity index (χ4v) is 3.58. The molecular weight excluding hydrogens is 312 g/mol. The van der Waals surface area contributed by atoms with Gasteiger partial charge in [-0.05, 0) is 53.6 Å². The molecule has 130 valence electrons. The number of ether oxygens (including phenoxy) is 1. The Hall–Kier alpha value is -2.49. The first-order valence-electron chi connectivity index (χ1n) is 9.11. The zero-order valence-electron chi connectivity index (χ0n) is 14.6. The van der Waals surface area contributed by atoms with Gasteiger partial charge in [-0.1, -0.05) is 37.6 Å². The van der Waals surface area contributed by atoms with Crippen molar-refractivity contribution >= 4 is 17.5 Å². The van der Waals surface area contributed by atoms with Crippen molar-refractivity contribution in [3.05, 3.63) is 59.7 Å². The average Bonchev–Trinajstić information content (AvgIpc) is 3.33. The molecule has 0 bridgehead atoms. The van der Waals surface area contributed by atoms with Gasteiger partial charge < -0.3 is 10.1 Å². The molecule has 25 heavy (non-hydrogen) atoms. The van der Waals surface area contributed by atoms with E-state index >= 15 is 0 Å². The number of anilines is 2. The molecule has 1 aliphatic heterocycles. The Morgan fingerprint density at radius 1 is 1.12 bits per heavy atom. The monoisotopic (exact) mass is 336 g/mol. The maximum Gasteiger partial charge on any atom is 0.414 e. The van der Waals surface area contributed by atoms with E-state index in [2.05, 4.69) is 48.6 Å². The molecule has 2 aromatic carbocycles. The Balaban J connectivity index is 1.33. The maximum atomic E-state index is 11.6. The molecule has 1 N–H and O–H groups in total. The molecule has 1 saturated carbocycles. The van der Waals surface area contributed by atoms with Gasteiger partial charge in [-0.2, -0.15) is 0 Å². The molecule has 4 nitrogen and oxygen atoms in total. The Morgan fingerprint density at radius 3 is 2.48 bits per heavy atom. The fraction of sp³-hybridized carbons (Fsp3) is 0.381. The van der Waals surface area contributed by atoms with E-state index in [0.29, 0.717) is 13.2 Å². The summed E-state index contributed by atoms with van der Waals surface area (Å²) in [7, 11) is 0. The first-order valence-corrected chi connectivity index (χ1v) is 9.11. The highest BCUT2D eigenvalue weighted by atomic mass is 16.6. The lowest BCUT2D eigenvalue weighted by atomic mass is 10.1. The van der Waals surface area contributed by atoms with E-state index in [1.807, 2.05) is 12.1 Å². The quantitative estimate of drug-likeness (QED) is 0.826. The van der Waals surface area contributed by atoms with E-state index in [1.54, 1.807) is 4.90 Å². The van der Waals surface area contributed by atoms with Crippen LogP contribution >= 0.6 is 0 Å². The number of carbonyl (C=O) groups excluding carboxylic acids is 1. The standard InChI is InChI=1S/C21H24N2O2/c1-2-16-13-20(16)17-5-7-18(8-6-17)22-14-15-3-9-19(10-4-15)23-11-12-25-21(23)24/h3-10,16,20,22H,2,11-14H2,1H3. The van der Waals surface area contributed by atoms with Gasteiger partial charge in [0, 0.05) is 17.9 Å². The van der Waals surface area contributed by atoms with Crippen LogP contribution in [0.2, 0.25) is 0 Å². The van der Waals surface area contributed by atoms with Gasteiger partial charge in [0.05, 0.1) is 6.54 Å². The van der Waals surface area contributed by atoms with Crippen molar-refractivity contribution in [2.75, 3.05) is 23.4 Å². The third kappa shape index (κ3) is 3.48. The number of nitrogens with one attached hydrogen (secondary N) is 1. The summed E-state index contributed by atoms with van der Waals surface area (Å²) in [4.78, 5) is 13.2. The van der Waals surface area contributed by atoms with Crippen molar-refractivity contribution in [1.82, 2.24) is 0 Å². The molecule has 2 atom stereocenters. The lowest BCUT2D eigenvalue weighted by Gasteiger charge is -2.13. The second-order valence-corrected chi connectivity index (χ2v) is 6.92. The largest absolute Gasteiger partial charge is 0.447 e. The molecule has 1 saturated heterocycles. The molecule has 2 fully saturated rings. The smallest absolute Gasteiger partial charge is 0.414 e. The third-order valence-electron chi connectivity index (χ3n) is 5.29. The van der Waals surface area contributed by atoms with Crippen LogP contribution in [-0.4, -0.2) is 19.2 Å². The molecule has 2 aromatic rings. The number of hydrogen-bond acceptors (Lipinski definition) is 3. The summed E-state index contributed by atoms with van der Waals surface area (Å²) < 4.78 is 4.97. The summed E-state index contributed by atoms with van der Waals surface area (Å²) in [5.74, 6) is 1.68. The Labute approximate surface area is 148 Å². The van der Waals surface area contributed by atoms with E-state index in [1.165, 1.54) is 24.0 Å². The maximum absolute atomic E-state index is 11.6. The third-order valence-corrected chi connectivity index (χ3v) is 5.29. The average molecular weight is 336 g/mol. The molecule has 4 heteroatoms. The van der Waals surface area contributed by atoms with Gasteiger partial charge in [-0.25, -0.2) is 4.79 Å². The Kier molecular flexibility index (Phi) is 4.35. The predicted octanol–water partition coefficient (Wildman–Crippen LogP) is 4.77. The minimum Gasteiger partial charge on any atom is -0.447 e. The van der Waals surface area contributed by atoms with Crippen LogP contribution in [0.3, 0.4) is 0 Å². The van der Waals surface area contributed by atoms with Crippen LogP contribution in [-0.2, 0) is 11.3 Å². The number of amides is 1. The van der Waals surface area contributed by atoms with E-state index in [0.717, 1.165) is 29.8 Å². The van der Waals surface area contributed by atoms with Crippen LogP contribution in [0.1, 0.15) is 36.8 Å². The fourth-order valence-electron chi connectivity index (χ4n) is 3.58. The second kappa shape index (κ2) is 6.79. The van der Waals surface area contributed by atoms with E-state index in [9.17, 15) is 4.79 Å². The van der Waals surface area contributed by atoms with Crippen molar-refractivity contribution in [3.63, 3.8) is 0 Å². The first-order chi connectivity index (χ1) is 12.2.